The summed E-state index contributed by atoms with van der Waals surface area (Å²) < 4.78 is 38.2. The van der Waals surface area contributed by atoms with E-state index in [2.05, 4.69) is 4.99 Å². The highest BCUT2D eigenvalue weighted by atomic mass is 19.4. The molecule has 1 aromatic rings. The number of hydrogen-bond acceptors (Lipinski definition) is 1. The van der Waals surface area contributed by atoms with Crippen molar-refractivity contribution in [1.82, 2.24) is 0 Å². The maximum Gasteiger partial charge on any atom is 0.416 e. The molecule has 0 bridgehead atoms. The second kappa shape index (κ2) is 5.15. The van der Waals surface area contributed by atoms with E-state index in [-0.39, 0.29) is 5.56 Å². The zero-order valence-corrected chi connectivity index (χ0v) is 11.4. The number of amides is 1. The normalized spacial score (nSPS) is 12.1. The molecule has 7 heteroatoms. The Kier molecular flexibility index (Phi) is 4.12. The fourth-order valence-electron chi connectivity index (χ4n) is 1.73. The first-order chi connectivity index (χ1) is 8.93. The molecule has 110 valence electrons. The van der Waals surface area contributed by atoms with E-state index < -0.39 is 29.0 Å². The summed E-state index contributed by atoms with van der Waals surface area (Å²) in [5.74, 6) is -1.38. The lowest BCUT2D eigenvalue weighted by Gasteiger charge is -2.22. The topological polar surface area (TPSA) is 81.5 Å². The number of carbonyl (C=O) groups is 1. The molecular weight excluding hydrogens is 271 g/mol. The third-order valence-corrected chi connectivity index (χ3v) is 2.62. The van der Waals surface area contributed by atoms with E-state index in [1.807, 2.05) is 0 Å². The Morgan fingerprint density at radius 2 is 1.70 bits per heavy atom. The fourth-order valence-corrected chi connectivity index (χ4v) is 1.73. The second-order valence-electron chi connectivity index (χ2n) is 5.35. The molecule has 1 amide bonds. The van der Waals surface area contributed by atoms with Crippen molar-refractivity contribution in [3.63, 3.8) is 0 Å². The van der Waals surface area contributed by atoms with Gasteiger partial charge in [-0.05, 0) is 23.1 Å². The van der Waals surface area contributed by atoms with Crippen molar-refractivity contribution in [2.24, 2.45) is 16.5 Å². The summed E-state index contributed by atoms with van der Waals surface area (Å²) in [7, 11) is 0. The largest absolute Gasteiger partial charge is 0.416 e. The summed E-state index contributed by atoms with van der Waals surface area (Å²) in [5.41, 5.74) is 9.05. The number of alkyl halides is 3. The van der Waals surface area contributed by atoms with Crippen LogP contribution in [-0.4, -0.2) is 11.9 Å². The highest BCUT2D eigenvalue weighted by Gasteiger charge is 2.33. The number of benzene rings is 1. The number of carbonyl (C=O) groups excluding carboxylic acids is 1. The van der Waals surface area contributed by atoms with Gasteiger partial charge in [0.1, 0.15) is 0 Å². The highest BCUT2D eigenvalue weighted by molar-refractivity contribution is 6.03. The first kappa shape index (κ1) is 16.0. The lowest BCUT2D eigenvalue weighted by Crippen LogP contribution is -2.25. The van der Waals surface area contributed by atoms with Gasteiger partial charge < -0.3 is 11.5 Å². The smallest absolute Gasteiger partial charge is 0.370 e. The summed E-state index contributed by atoms with van der Waals surface area (Å²) in [6.45, 7) is 5.34. The SMILES string of the molecule is CC(C)(C)c1ccc(C(F)(F)F)cc1C(=O)N=C(N)N. The number of guanidine groups is 1. The Balaban J connectivity index is 3.50. The molecule has 1 aromatic carbocycles. The number of hydrogen-bond donors (Lipinski definition) is 2. The van der Waals surface area contributed by atoms with Crippen LogP contribution in [0.25, 0.3) is 0 Å². The molecule has 20 heavy (non-hydrogen) atoms. The predicted octanol–water partition coefficient (Wildman–Crippen LogP) is 2.42. The van der Waals surface area contributed by atoms with Crippen molar-refractivity contribution in [2.45, 2.75) is 32.4 Å². The average Bonchev–Trinajstić information content (AvgIpc) is 2.24. The first-order valence-corrected chi connectivity index (χ1v) is 5.78. The van der Waals surface area contributed by atoms with Crippen molar-refractivity contribution in [1.29, 1.82) is 0 Å². The van der Waals surface area contributed by atoms with Gasteiger partial charge in [-0.25, -0.2) is 0 Å². The third-order valence-electron chi connectivity index (χ3n) is 2.62. The summed E-state index contributed by atoms with van der Waals surface area (Å²) in [6.07, 6.45) is -4.54. The number of halogens is 3. The lowest BCUT2D eigenvalue weighted by atomic mass is 9.83. The minimum atomic E-state index is -4.54. The summed E-state index contributed by atoms with van der Waals surface area (Å²) in [5, 5.41) is 0. The van der Waals surface area contributed by atoms with E-state index in [9.17, 15) is 18.0 Å². The van der Waals surface area contributed by atoms with Gasteiger partial charge in [0.25, 0.3) is 5.91 Å². The molecule has 0 aliphatic carbocycles. The molecule has 4 nitrogen and oxygen atoms in total. The van der Waals surface area contributed by atoms with E-state index in [4.69, 9.17) is 11.5 Å². The van der Waals surface area contributed by atoms with Crippen LogP contribution in [0.2, 0.25) is 0 Å². The van der Waals surface area contributed by atoms with Crippen molar-refractivity contribution in [3.05, 3.63) is 34.9 Å². The van der Waals surface area contributed by atoms with Gasteiger partial charge in [0.05, 0.1) is 5.56 Å². The van der Waals surface area contributed by atoms with E-state index >= 15 is 0 Å². The molecule has 0 spiro atoms. The average molecular weight is 287 g/mol. The van der Waals surface area contributed by atoms with Crippen molar-refractivity contribution < 1.29 is 18.0 Å². The number of aliphatic imine (C=N–C) groups is 1. The van der Waals surface area contributed by atoms with Crippen LogP contribution in [0.4, 0.5) is 13.2 Å². The van der Waals surface area contributed by atoms with Crippen molar-refractivity contribution in [3.8, 4) is 0 Å². The van der Waals surface area contributed by atoms with Gasteiger partial charge >= 0.3 is 6.18 Å². The van der Waals surface area contributed by atoms with Gasteiger partial charge in [0.15, 0.2) is 5.96 Å². The van der Waals surface area contributed by atoms with Crippen LogP contribution in [0, 0.1) is 0 Å². The van der Waals surface area contributed by atoms with Gasteiger partial charge in [-0.15, -0.1) is 0 Å². The molecule has 0 heterocycles. The third kappa shape index (κ3) is 3.72. The minimum absolute atomic E-state index is 0.152. The Labute approximate surface area is 114 Å². The summed E-state index contributed by atoms with van der Waals surface area (Å²) in [4.78, 5) is 15.2. The van der Waals surface area contributed by atoms with Crippen molar-refractivity contribution >= 4 is 11.9 Å². The Morgan fingerprint density at radius 1 is 1.15 bits per heavy atom. The van der Waals surface area contributed by atoms with Crippen LogP contribution in [-0.2, 0) is 11.6 Å². The van der Waals surface area contributed by atoms with Crippen LogP contribution >= 0.6 is 0 Å². The molecule has 0 saturated carbocycles. The standard InChI is InChI=1S/C13H16F3N3O/c1-12(2,3)9-5-4-7(13(14,15)16)6-8(9)10(20)19-11(17)18/h4-6H,1-3H3,(H4,17,18,19,20). The lowest BCUT2D eigenvalue weighted by molar-refractivity contribution is -0.137. The molecule has 0 aromatic heterocycles. The monoisotopic (exact) mass is 287 g/mol. The zero-order chi connectivity index (χ0) is 15.7. The fraction of sp³-hybridized carbons (Fsp3) is 0.385. The minimum Gasteiger partial charge on any atom is -0.370 e. The molecule has 0 aliphatic heterocycles. The first-order valence-electron chi connectivity index (χ1n) is 5.78. The van der Waals surface area contributed by atoms with Crippen LogP contribution < -0.4 is 11.5 Å². The van der Waals surface area contributed by atoms with Gasteiger partial charge in [-0.3, -0.25) is 4.79 Å². The number of rotatable bonds is 1. The Hall–Kier alpha value is -2.05. The van der Waals surface area contributed by atoms with E-state index in [0.29, 0.717) is 5.56 Å². The maximum absolute atomic E-state index is 12.7. The van der Waals surface area contributed by atoms with E-state index in [1.165, 1.54) is 6.07 Å². The van der Waals surface area contributed by atoms with Crippen LogP contribution in [0.3, 0.4) is 0 Å². The molecular formula is C13H16F3N3O. The number of nitrogens with two attached hydrogens (primary N) is 2. The van der Waals surface area contributed by atoms with Gasteiger partial charge in [-0.1, -0.05) is 26.8 Å². The van der Waals surface area contributed by atoms with Gasteiger partial charge in [0.2, 0.25) is 0 Å². The van der Waals surface area contributed by atoms with Crippen molar-refractivity contribution in [2.75, 3.05) is 0 Å². The molecule has 0 saturated heterocycles. The molecule has 0 radical (unpaired) electrons. The van der Waals surface area contributed by atoms with Crippen LogP contribution in [0.1, 0.15) is 42.3 Å². The molecule has 1 rings (SSSR count). The summed E-state index contributed by atoms with van der Waals surface area (Å²) >= 11 is 0. The molecule has 0 aliphatic rings. The molecule has 0 unspecified atom stereocenters. The van der Waals surface area contributed by atoms with E-state index in [0.717, 1.165) is 12.1 Å². The Morgan fingerprint density at radius 3 is 2.10 bits per heavy atom. The predicted molar refractivity (Wildman–Crippen MR) is 70.3 cm³/mol. The van der Waals surface area contributed by atoms with Gasteiger partial charge in [-0.2, -0.15) is 18.2 Å². The van der Waals surface area contributed by atoms with Crippen LogP contribution in [0.5, 0.6) is 0 Å². The number of nitrogens with zero attached hydrogens (tertiary/aromatic N) is 1. The highest BCUT2D eigenvalue weighted by Crippen LogP contribution is 2.34. The molecule has 0 atom stereocenters. The van der Waals surface area contributed by atoms with Gasteiger partial charge in [0, 0.05) is 5.56 Å². The van der Waals surface area contributed by atoms with Crippen LogP contribution in [0.15, 0.2) is 23.2 Å². The Bertz CT molecular complexity index is 553. The van der Waals surface area contributed by atoms with E-state index in [1.54, 1.807) is 20.8 Å². The maximum atomic E-state index is 12.7. The second-order valence-corrected chi connectivity index (χ2v) is 5.35. The quantitative estimate of drug-likeness (QED) is 0.614. The zero-order valence-electron chi connectivity index (χ0n) is 11.4. The summed E-state index contributed by atoms with van der Waals surface area (Å²) in [6, 6.07) is 2.99. The molecule has 0 fully saturated rings. The molecule has 4 N–H and O–H groups in total.